The molecule has 0 heterocycles. The minimum Gasteiger partial charge on any atom is -0.452 e. The van der Waals surface area contributed by atoms with Gasteiger partial charge in [-0.25, -0.2) is 14.0 Å². The maximum absolute atomic E-state index is 13.4. The summed E-state index contributed by atoms with van der Waals surface area (Å²) in [7, 11) is 3.22. The number of para-hydroxylation sites is 1. The highest BCUT2D eigenvalue weighted by Gasteiger charge is 2.20. The highest BCUT2D eigenvalue weighted by atomic mass is 19.1. The van der Waals surface area contributed by atoms with Crippen LogP contribution in [0.25, 0.3) is 0 Å². The molecule has 0 saturated heterocycles. The number of nitro groups is 1. The van der Waals surface area contributed by atoms with E-state index in [1.165, 1.54) is 35.2 Å². The van der Waals surface area contributed by atoms with E-state index in [1.807, 2.05) is 5.32 Å². The molecule has 0 fully saturated rings. The summed E-state index contributed by atoms with van der Waals surface area (Å²) in [5, 5.41) is 15.2. The highest BCUT2D eigenvalue weighted by Crippen LogP contribution is 2.27. The van der Waals surface area contributed by atoms with Crippen LogP contribution >= 0.6 is 0 Å². The monoisotopic (exact) mass is 404 g/mol. The van der Waals surface area contributed by atoms with Gasteiger partial charge in [-0.1, -0.05) is 12.1 Å². The van der Waals surface area contributed by atoms with Crippen LogP contribution in [-0.4, -0.2) is 43.5 Å². The van der Waals surface area contributed by atoms with E-state index in [9.17, 15) is 28.9 Å². The van der Waals surface area contributed by atoms with E-state index < -0.39 is 35.3 Å². The summed E-state index contributed by atoms with van der Waals surface area (Å²) < 4.78 is 18.2. The van der Waals surface area contributed by atoms with E-state index in [2.05, 4.69) is 5.32 Å². The lowest BCUT2D eigenvalue weighted by atomic mass is 10.1. The standard InChI is InChI=1S/C18H17FN4O6/c1-22(2)14-8-7-11(9-15(14)23(27)28)17(25)29-10-16(24)21-18(26)20-13-6-4-3-5-12(13)19/h3-9H,10H2,1-2H3,(H2,20,21,24,26). The number of hydrogen-bond acceptors (Lipinski definition) is 7. The van der Waals surface area contributed by atoms with Crippen molar-refractivity contribution in [2.45, 2.75) is 0 Å². The molecule has 0 radical (unpaired) electrons. The predicted octanol–water partition coefficient (Wildman–Crippen LogP) is 2.31. The lowest BCUT2D eigenvalue weighted by Gasteiger charge is -2.13. The smallest absolute Gasteiger partial charge is 0.338 e. The third-order valence-electron chi connectivity index (χ3n) is 3.60. The number of imide groups is 1. The van der Waals surface area contributed by atoms with E-state index in [4.69, 9.17) is 4.74 Å². The second kappa shape index (κ2) is 9.26. The number of ether oxygens (including phenoxy) is 1. The fourth-order valence-electron chi connectivity index (χ4n) is 2.27. The third-order valence-corrected chi connectivity index (χ3v) is 3.60. The molecule has 0 unspecified atom stereocenters. The Morgan fingerprint density at radius 1 is 1.17 bits per heavy atom. The second-order valence-corrected chi connectivity index (χ2v) is 5.91. The number of benzene rings is 2. The van der Waals surface area contributed by atoms with E-state index in [-0.39, 0.29) is 22.6 Å². The molecule has 2 aromatic rings. The van der Waals surface area contributed by atoms with Gasteiger partial charge >= 0.3 is 12.0 Å². The Bertz CT molecular complexity index is 963. The number of rotatable bonds is 6. The second-order valence-electron chi connectivity index (χ2n) is 5.91. The number of urea groups is 1. The first-order valence-electron chi connectivity index (χ1n) is 8.17. The number of hydrogen-bond donors (Lipinski definition) is 2. The first-order valence-corrected chi connectivity index (χ1v) is 8.17. The van der Waals surface area contributed by atoms with Crippen LogP contribution in [0.3, 0.4) is 0 Å². The van der Waals surface area contributed by atoms with E-state index in [1.54, 1.807) is 14.1 Å². The van der Waals surface area contributed by atoms with Crippen LogP contribution in [0.5, 0.6) is 0 Å². The van der Waals surface area contributed by atoms with Crippen LogP contribution in [0.1, 0.15) is 10.4 Å². The summed E-state index contributed by atoms with van der Waals surface area (Å²) in [5.41, 5.74) is -0.290. The molecule has 0 saturated carbocycles. The number of anilines is 2. The summed E-state index contributed by atoms with van der Waals surface area (Å²) in [6.45, 7) is -0.813. The van der Waals surface area contributed by atoms with Crippen molar-refractivity contribution >= 4 is 35.0 Å². The zero-order valence-electron chi connectivity index (χ0n) is 15.5. The topological polar surface area (TPSA) is 131 Å². The molecule has 152 valence electrons. The molecule has 0 aromatic heterocycles. The Balaban J connectivity index is 1.94. The van der Waals surface area contributed by atoms with Gasteiger partial charge < -0.3 is 15.0 Å². The number of nitrogens with zero attached hydrogens (tertiary/aromatic N) is 2. The first-order chi connectivity index (χ1) is 13.7. The molecule has 0 spiro atoms. The molecule has 29 heavy (non-hydrogen) atoms. The molecular weight excluding hydrogens is 387 g/mol. The third kappa shape index (κ3) is 5.73. The Labute approximate surface area is 164 Å². The highest BCUT2D eigenvalue weighted by molar-refractivity contribution is 6.02. The zero-order chi connectivity index (χ0) is 21.6. The van der Waals surface area contributed by atoms with E-state index in [0.717, 1.165) is 12.1 Å². The van der Waals surface area contributed by atoms with Gasteiger partial charge in [0.05, 0.1) is 16.2 Å². The van der Waals surface area contributed by atoms with E-state index in [0.29, 0.717) is 0 Å². The zero-order valence-corrected chi connectivity index (χ0v) is 15.5. The maximum Gasteiger partial charge on any atom is 0.338 e. The lowest BCUT2D eigenvalue weighted by molar-refractivity contribution is -0.384. The minimum absolute atomic E-state index is 0.133. The molecule has 0 aliphatic carbocycles. The van der Waals surface area contributed by atoms with Crippen LogP contribution in [0, 0.1) is 15.9 Å². The Morgan fingerprint density at radius 2 is 1.86 bits per heavy atom. The largest absolute Gasteiger partial charge is 0.452 e. The number of nitrogens with one attached hydrogen (secondary N) is 2. The minimum atomic E-state index is -1.01. The Morgan fingerprint density at radius 3 is 2.48 bits per heavy atom. The average Bonchev–Trinajstić information content (AvgIpc) is 2.67. The normalized spacial score (nSPS) is 10.0. The quantitative estimate of drug-likeness (QED) is 0.429. The van der Waals surface area contributed by atoms with Crippen molar-refractivity contribution in [3.63, 3.8) is 0 Å². The molecule has 2 N–H and O–H groups in total. The molecule has 0 aliphatic rings. The van der Waals surface area contributed by atoms with Crippen molar-refractivity contribution in [3.05, 3.63) is 64.0 Å². The van der Waals surface area contributed by atoms with Gasteiger partial charge in [-0.15, -0.1) is 0 Å². The molecule has 0 bridgehead atoms. The van der Waals surface area contributed by atoms with Crippen LogP contribution in [0.15, 0.2) is 42.5 Å². The van der Waals surface area contributed by atoms with Gasteiger partial charge in [-0.05, 0) is 24.3 Å². The van der Waals surface area contributed by atoms with Crippen molar-refractivity contribution < 1.29 is 28.4 Å². The first kappa shape index (κ1) is 21.3. The van der Waals surface area contributed by atoms with Gasteiger partial charge in [-0.2, -0.15) is 0 Å². The van der Waals surface area contributed by atoms with Crippen LogP contribution in [0.4, 0.5) is 26.2 Å². The summed E-state index contributed by atoms with van der Waals surface area (Å²) in [6, 6.07) is 8.04. The number of amides is 3. The SMILES string of the molecule is CN(C)c1ccc(C(=O)OCC(=O)NC(=O)Nc2ccccc2F)cc1[N+](=O)[O-]. The summed E-state index contributed by atoms with van der Waals surface area (Å²) in [6.07, 6.45) is 0. The van der Waals surface area contributed by atoms with Gasteiger partial charge in [0.15, 0.2) is 6.61 Å². The van der Waals surface area contributed by atoms with Gasteiger partial charge in [0.2, 0.25) is 0 Å². The number of nitro benzene ring substituents is 1. The fourth-order valence-corrected chi connectivity index (χ4v) is 2.27. The van der Waals surface area contributed by atoms with Crippen LogP contribution < -0.4 is 15.5 Å². The molecule has 10 nitrogen and oxygen atoms in total. The Hall–Kier alpha value is -4.02. The molecule has 2 aromatic carbocycles. The van der Waals surface area contributed by atoms with Gasteiger partial charge in [0, 0.05) is 20.2 Å². The summed E-state index contributed by atoms with van der Waals surface area (Å²) in [5.74, 6) is -2.64. The molecule has 0 atom stereocenters. The predicted molar refractivity (Wildman–Crippen MR) is 101 cm³/mol. The van der Waals surface area contributed by atoms with Crippen molar-refractivity contribution in [1.82, 2.24) is 5.32 Å². The van der Waals surface area contributed by atoms with Gasteiger partial charge in [-0.3, -0.25) is 20.2 Å². The Kier molecular flexibility index (Phi) is 6.80. The number of esters is 1. The van der Waals surface area contributed by atoms with Gasteiger partial charge in [0.25, 0.3) is 11.6 Å². The van der Waals surface area contributed by atoms with Crippen molar-refractivity contribution in [2.24, 2.45) is 0 Å². The van der Waals surface area contributed by atoms with Gasteiger partial charge in [0.1, 0.15) is 11.5 Å². The van der Waals surface area contributed by atoms with Crippen molar-refractivity contribution in [2.75, 3.05) is 30.9 Å². The van der Waals surface area contributed by atoms with E-state index >= 15 is 0 Å². The maximum atomic E-state index is 13.4. The average molecular weight is 404 g/mol. The number of carbonyl (C=O) groups excluding carboxylic acids is 3. The molecule has 2 rings (SSSR count). The van der Waals surface area contributed by atoms with Crippen LogP contribution in [-0.2, 0) is 9.53 Å². The molecule has 11 heteroatoms. The number of carbonyl (C=O) groups is 3. The summed E-state index contributed by atoms with van der Waals surface area (Å²) >= 11 is 0. The summed E-state index contributed by atoms with van der Waals surface area (Å²) in [4.78, 5) is 47.5. The molecule has 3 amide bonds. The molecular formula is C18H17FN4O6. The van der Waals surface area contributed by atoms with Crippen LogP contribution in [0.2, 0.25) is 0 Å². The van der Waals surface area contributed by atoms with Crippen molar-refractivity contribution in [1.29, 1.82) is 0 Å². The fraction of sp³-hybridized carbons (Fsp3) is 0.167. The molecule has 0 aliphatic heterocycles. The lowest BCUT2D eigenvalue weighted by Crippen LogP contribution is -2.37. The van der Waals surface area contributed by atoms with Crippen molar-refractivity contribution in [3.8, 4) is 0 Å². The number of halogens is 1.